The van der Waals surface area contributed by atoms with E-state index in [1.165, 1.54) is 5.56 Å². The highest BCUT2D eigenvalue weighted by atomic mass is 16.7. The maximum atomic E-state index is 5.53. The Labute approximate surface area is 122 Å². The minimum Gasteiger partial charge on any atom is -0.496 e. The summed E-state index contributed by atoms with van der Waals surface area (Å²) in [4.78, 5) is 0. The number of ether oxygens (including phenoxy) is 3. The average molecular weight is 281 g/mol. The summed E-state index contributed by atoms with van der Waals surface area (Å²) in [6.07, 6.45) is 0.712. The van der Waals surface area contributed by atoms with E-state index in [-0.39, 0.29) is 12.3 Å². The summed E-state index contributed by atoms with van der Waals surface area (Å²) in [6.45, 7) is 8.28. The van der Waals surface area contributed by atoms with Crippen LogP contribution in [0.4, 0.5) is 0 Å². The van der Waals surface area contributed by atoms with Crippen LogP contribution < -0.4 is 10.1 Å². The van der Waals surface area contributed by atoms with E-state index in [9.17, 15) is 0 Å². The maximum Gasteiger partial charge on any atom is 0.158 e. The Hall–Kier alpha value is -1.10. The van der Waals surface area contributed by atoms with Gasteiger partial charge in [-0.15, -0.1) is 0 Å². The fourth-order valence-corrected chi connectivity index (χ4v) is 2.14. The van der Waals surface area contributed by atoms with Crippen LogP contribution in [0.15, 0.2) is 24.3 Å². The third-order valence-corrected chi connectivity index (χ3v) is 3.14. The maximum absolute atomic E-state index is 5.53. The third kappa shape index (κ3) is 5.49. The van der Waals surface area contributed by atoms with Crippen molar-refractivity contribution in [3.8, 4) is 5.75 Å². The molecular weight excluding hydrogens is 254 g/mol. The fourth-order valence-electron chi connectivity index (χ4n) is 2.14. The first kappa shape index (κ1) is 17.0. The van der Waals surface area contributed by atoms with Crippen molar-refractivity contribution in [2.24, 2.45) is 0 Å². The molecule has 0 aromatic heterocycles. The van der Waals surface area contributed by atoms with Crippen molar-refractivity contribution in [1.29, 1.82) is 0 Å². The van der Waals surface area contributed by atoms with E-state index in [1.807, 2.05) is 32.0 Å². The van der Waals surface area contributed by atoms with Gasteiger partial charge in [-0.25, -0.2) is 0 Å². The number of rotatable bonds is 10. The van der Waals surface area contributed by atoms with Crippen LogP contribution >= 0.6 is 0 Å². The van der Waals surface area contributed by atoms with E-state index < -0.39 is 0 Å². The van der Waals surface area contributed by atoms with Gasteiger partial charge < -0.3 is 19.5 Å². The molecule has 0 fully saturated rings. The predicted octanol–water partition coefficient (Wildman–Crippen LogP) is 3.14. The standard InChI is InChI=1S/C16H27NO3/c1-5-19-16(20-6-2)11-12-17-13(3)14-9-7-8-10-15(14)18-4/h7-10,13,16-17H,5-6,11-12H2,1-4H3/t13-/m0/s1. The highest BCUT2D eigenvalue weighted by Gasteiger charge is 2.12. The van der Waals surface area contributed by atoms with Crippen LogP contribution in [-0.2, 0) is 9.47 Å². The molecule has 0 heterocycles. The molecule has 0 saturated carbocycles. The first-order valence-corrected chi connectivity index (χ1v) is 7.32. The SMILES string of the molecule is CCOC(CCN[C@@H](C)c1ccccc1OC)OCC. The Morgan fingerprint density at radius 1 is 1.10 bits per heavy atom. The van der Waals surface area contributed by atoms with Gasteiger partial charge in [0, 0.05) is 37.8 Å². The molecule has 1 atom stereocenters. The van der Waals surface area contributed by atoms with E-state index in [1.54, 1.807) is 7.11 Å². The van der Waals surface area contributed by atoms with Crippen molar-refractivity contribution < 1.29 is 14.2 Å². The average Bonchev–Trinajstić information content (AvgIpc) is 2.47. The Kier molecular flexibility index (Phi) is 8.26. The van der Waals surface area contributed by atoms with Gasteiger partial charge in [-0.3, -0.25) is 0 Å². The summed E-state index contributed by atoms with van der Waals surface area (Å²) < 4.78 is 16.4. The molecule has 20 heavy (non-hydrogen) atoms. The van der Waals surface area contributed by atoms with Crippen molar-refractivity contribution in [2.75, 3.05) is 26.9 Å². The first-order chi connectivity index (χ1) is 9.72. The van der Waals surface area contributed by atoms with Crippen molar-refractivity contribution in [3.05, 3.63) is 29.8 Å². The number of benzene rings is 1. The van der Waals surface area contributed by atoms with E-state index in [2.05, 4.69) is 18.3 Å². The normalized spacial score (nSPS) is 12.7. The minimum absolute atomic E-state index is 0.123. The van der Waals surface area contributed by atoms with Crippen LogP contribution in [0.25, 0.3) is 0 Å². The van der Waals surface area contributed by atoms with Crippen molar-refractivity contribution in [2.45, 2.75) is 39.5 Å². The molecule has 1 rings (SSSR count). The quantitative estimate of drug-likeness (QED) is 0.669. The van der Waals surface area contributed by atoms with Crippen LogP contribution in [0.1, 0.15) is 38.8 Å². The van der Waals surface area contributed by atoms with E-state index >= 15 is 0 Å². The van der Waals surface area contributed by atoms with Crippen LogP contribution in [0.2, 0.25) is 0 Å². The van der Waals surface area contributed by atoms with Gasteiger partial charge in [0.05, 0.1) is 7.11 Å². The van der Waals surface area contributed by atoms with Gasteiger partial charge in [-0.1, -0.05) is 18.2 Å². The van der Waals surface area contributed by atoms with Gasteiger partial charge >= 0.3 is 0 Å². The summed E-state index contributed by atoms with van der Waals surface area (Å²) in [5.74, 6) is 0.915. The zero-order valence-electron chi connectivity index (χ0n) is 13.0. The first-order valence-electron chi connectivity index (χ1n) is 7.32. The van der Waals surface area contributed by atoms with Crippen LogP contribution in [0.5, 0.6) is 5.75 Å². The molecule has 4 nitrogen and oxygen atoms in total. The van der Waals surface area contributed by atoms with Crippen LogP contribution in [0.3, 0.4) is 0 Å². The molecule has 0 aliphatic heterocycles. The molecule has 0 saturated heterocycles. The topological polar surface area (TPSA) is 39.7 Å². The van der Waals surface area contributed by atoms with Gasteiger partial charge in [0.1, 0.15) is 5.75 Å². The van der Waals surface area contributed by atoms with Gasteiger partial charge in [0.15, 0.2) is 6.29 Å². The lowest BCUT2D eigenvalue weighted by Crippen LogP contribution is -2.26. The number of hydrogen-bond donors (Lipinski definition) is 1. The molecule has 0 aliphatic carbocycles. The second-order valence-electron chi connectivity index (χ2n) is 4.55. The summed E-state index contributed by atoms with van der Waals surface area (Å²) >= 11 is 0. The molecule has 1 N–H and O–H groups in total. The predicted molar refractivity (Wildman–Crippen MR) is 81.1 cm³/mol. The molecule has 0 radical (unpaired) electrons. The second-order valence-corrected chi connectivity index (χ2v) is 4.55. The van der Waals surface area contributed by atoms with Gasteiger partial charge in [0.2, 0.25) is 0 Å². The Morgan fingerprint density at radius 3 is 2.35 bits per heavy atom. The number of para-hydroxylation sites is 1. The monoisotopic (exact) mass is 281 g/mol. The van der Waals surface area contributed by atoms with Crippen molar-refractivity contribution >= 4 is 0 Å². The largest absolute Gasteiger partial charge is 0.496 e. The van der Waals surface area contributed by atoms with Crippen LogP contribution in [0, 0.1) is 0 Å². The lowest BCUT2D eigenvalue weighted by molar-refractivity contribution is -0.138. The Morgan fingerprint density at radius 2 is 1.75 bits per heavy atom. The van der Waals surface area contributed by atoms with Crippen molar-refractivity contribution in [1.82, 2.24) is 5.32 Å². The number of nitrogens with one attached hydrogen (secondary N) is 1. The Balaban J connectivity index is 2.44. The molecule has 0 bridgehead atoms. The van der Waals surface area contributed by atoms with Gasteiger partial charge in [-0.05, 0) is 26.8 Å². The van der Waals surface area contributed by atoms with E-state index in [4.69, 9.17) is 14.2 Å². The zero-order chi connectivity index (χ0) is 14.8. The fraction of sp³-hybridized carbons (Fsp3) is 0.625. The lowest BCUT2D eigenvalue weighted by atomic mass is 10.1. The van der Waals surface area contributed by atoms with Gasteiger partial charge in [0.25, 0.3) is 0 Å². The highest BCUT2D eigenvalue weighted by molar-refractivity contribution is 5.35. The molecule has 0 unspecified atom stereocenters. The van der Waals surface area contributed by atoms with E-state index in [0.29, 0.717) is 13.2 Å². The lowest BCUT2D eigenvalue weighted by Gasteiger charge is -2.20. The molecule has 0 aliphatic rings. The van der Waals surface area contributed by atoms with E-state index in [0.717, 1.165) is 18.7 Å². The number of methoxy groups -OCH3 is 1. The third-order valence-electron chi connectivity index (χ3n) is 3.14. The van der Waals surface area contributed by atoms with Gasteiger partial charge in [-0.2, -0.15) is 0 Å². The molecule has 0 amide bonds. The molecule has 114 valence electrons. The minimum atomic E-state index is -0.123. The molecular formula is C16H27NO3. The summed E-state index contributed by atoms with van der Waals surface area (Å²) in [5, 5.41) is 3.48. The summed E-state index contributed by atoms with van der Waals surface area (Å²) in [7, 11) is 1.70. The highest BCUT2D eigenvalue weighted by Crippen LogP contribution is 2.24. The molecule has 0 spiro atoms. The molecule has 1 aromatic carbocycles. The molecule has 1 aromatic rings. The summed E-state index contributed by atoms with van der Waals surface area (Å²) in [5.41, 5.74) is 1.17. The zero-order valence-corrected chi connectivity index (χ0v) is 13.0. The summed E-state index contributed by atoms with van der Waals surface area (Å²) in [6, 6.07) is 8.31. The smallest absolute Gasteiger partial charge is 0.158 e. The number of hydrogen-bond acceptors (Lipinski definition) is 4. The molecule has 4 heteroatoms. The van der Waals surface area contributed by atoms with Crippen LogP contribution in [-0.4, -0.2) is 33.2 Å². The Bertz CT molecular complexity index is 364. The second kappa shape index (κ2) is 9.75. The van der Waals surface area contributed by atoms with Crippen molar-refractivity contribution in [3.63, 3.8) is 0 Å².